The fourth-order valence-electron chi connectivity index (χ4n) is 2.18. The van der Waals surface area contributed by atoms with Gasteiger partial charge in [0.2, 0.25) is 0 Å². The van der Waals surface area contributed by atoms with Gasteiger partial charge in [-0.25, -0.2) is 0 Å². The average molecular weight is 156 g/mol. The first-order valence-electron chi connectivity index (χ1n) is 4.45. The summed E-state index contributed by atoms with van der Waals surface area (Å²) in [6.07, 6.45) is 2.46. The average Bonchev–Trinajstić information content (AvgIpc) is 2.07. The molecule has 0 aromatic rings. The van der Waals surface area contributed by atoms with E-state index in [-0.39, 0.29) is 0 Å². The van der Waals surface area contributed by atoms with Crippen molar-refractivity contribution in [3.63, 3.8) is 0 Å². The first-order valence-corrected chi connectivity index (χ1v) is 4.45. The number of nitrogens with two attached hydrogens (primary N) is 1. The minimum absolute atomic E-state index is 0.509. The van der Waals surface area contributed by atoms with Crippen LogP contribution in [0, 0.1) is 5.41 Å². The van der Waals surface area contributed by atoms with E-state index < -0.39 is 0 Å². The topological polar surface area (TPSA) is 29.3 Å². The van der Waals surface area contributed by atoms with Crippen LogP contribution in [0.3, 0.4) is 0 Å². The molecule has 0 aromatic heterocycles. The molecule has 0 amide bonds. The summed E-state index contributed by atoms with van der Waals surface area (Å²) in [7, 11) is 2.20. The number of likely N-dealkylation sites (tertiary alicyclic amines) is 1. The lowest BCUT2D eigenvalue weighted by atomic mass is 9.90. The molecular weight excluding hydrogens is 136 g/mol. The predicted molar refractivity (Wildman–Crippen MR) is 48.5 cm³/mol. The van der Waals surface area contributed by atoms with Gasteiger partial charge in [0, 0.05) is 12.6 Å². The number of hydrogen-bond donors (Lipinski definition) is 1. The van der Waals surface area contributed by atoms with Crippen LogP contribution in [0.4, 0.5) is 0 Å². The third-order valence-corrected chi connectivity index (χ3v) is 2.59. The zero-order chi connectivity index (χ0) is 8.48. The molecule has 11 heavy (non-hydrogen) atoms. The van der Waals surface area contributed by atoms with E-state index in [1.54, 1.807) is 0 Å². The molecule has 1 atom stereocenters. The summed E-state index contributed by atoms with van der Waals surface area (Å²) in [6.45, 7) is 6.71. The Bertz CT molecular complexity index is 132. The largest absolute Gasteiger partial charge is 0.330 e. The van der Waals surface area contributed by atoms with Gasteiger partial charge in [0.25, 0.3) is 0 Å². The van der Waals surface area contributed by atoms with E-state index in [2.05, 4.69) is 25.8 Å². The van der Waals surface area contributed by atoms with Crippen molar-refractivity contribution in [2.75, 3.05) is 20.1 Å². The molecule has 0 bridgehead atoms. The number of rotatable bonds is 2. The maximum absolute atomic E-state index is 5.53. The highest BCUT2D eigenvalue weighted by Crippen LogP contribution is 2.33. The molecule has 66 valence electrons. The van der Waals surface area contributed by atoms with Gasteiger partial charge < -0.3 is 10.6 Å². The predicted octanol–water partition coefficient (Wildman–Crippen LogP) is 1.07. The lowest BCUT2D eigenvalue weighted by molar-refractivity contribution is 0.288. The van der Waals surface area contributed by atoms with Gasteiger partial charge in [-0.15, -0.1) is 0 Å². The molecule has 0 aliphatic carbocycles. The summed E-state index contributed by atoms with van der Waals surface area (Å²) >= 11 is 0. The molecule has 0 saturated carbocycles. The molecule has 1 fully saturated rings. The maximum Gasteiger partial charge on any atom is 0.0110 e. The lowest BCUT2D eigenvalue weighted by Gasteiger charge is -2.17. The molecular formula is C9H20N2. The summed E-state index contributed by atoms with van der Waals surface area (Å²) < 4.78 is 0. The van der Waals surface area contributed by atoms with Gasteiger partial charge in [0.05, 0.1) is 0 Å². The highest BCUT2D eigenvalue weighted by atomic mass is 15.2. The highest BCUT2D eigenvalue weighted by Gasteiger charge is 2.34. The van der Waals surface area contributed by atoms with Crippen molar-refractivity contribution in [3.05, 3.63) is 0 Å². The minimum atomic E-state index is 0.509. The molecule has 2 heteroatoms. The second kappa shape index (κ2) is 3.11. The SMILES string of the molecule is CN1CC(C)(C)CC1CCN. The fraction of sp³-hybridized carbons (Fsp3) is 1.00. The van der Waals surface area contributed by atoms with Crippen molar-refractivity contribution in [1.82, 2.24) is 4.90 Å². The second-order valence-corrected chi connectivity index (χ2v) is 4.51. The zero-order valence-corrected chi connectivity index (χ0v) is 7.93. The van der Waals surface area contributed by atoms with Crippen molar-refractivity contribution < 1.29 is 0 Å². The smallest absolute Gasteiger partial charge is 0.0110 e. The van der Waals surface area contributed by atoms with Crippen molar-refractivity contribution >= 4 is 0 Å². The Kier molecular flexibility index (Phi) is 2.55. The summed E-state index contributed by atoms with van der Waals surface area (Å²) in [6, 6.07) is 0.731. The van der Waals surface area contributed by atoms with Crippen LogP contribution < -0.4 is 5.73 Å². The zero-order valence-electron chi connectivity index (χ0n) is 7.93. The molecule has 2 nitrogen and oxygen atoms in total. The van der Waals surface area contributed by atoms with Crippen LogP contribution in [0.1, 0.15) is 26.7 Å². The van der Waals surface area contributed by atoms with E-state index in [0.717, 1.165) is 19.0 Å². The normalized spacial score (nSPS) is 31.1. The molecule has 0 spiro atoms. The van der Waals surface area contributed by atoms with Gasteiger partial charge >= 0.3 is 0 Å². The minimum Gasteiger partial charge on any atom is -0.330 e. The molecule has 0 radical (unpaired) electrons. The Morgan fingerprint density at radius 3 is 2.55 bits per heavy atom. The second-order valence-electron chi connectivity index (χ2n) is 4.51. The Labute approximate surface area is 69.8 Å². The molecule has 1 heterocycles. The quantitative estimate of drug-likeness (QED) is 0.648. The van der Waals surface area contributed by atoms with Crippen molar-refractivity contribution in [2.24, 2.45) is 11.1 Å². The number of hydrogen-bond acceptors (Lipinski definition) is 2. The third-order valence-electron chi connectivity index (χ3n) is 2.59. The molecule has 2 N–H and O–H groups in total. The molecule has 1 saturated heterocycles. The van der Waals surface area contributed by atoms with Crippen LogP contribution >= 0.6 is 0 Å². The molecule has 1 aliphatic heterocycles. The lowest BCUT2D eigenvalue weighted by Crippen LogP contribution is -2.27. The Morgan fingerprint density at radius 1 is 1.55 bits per heavy atom. The van der Waals surface area contributed by atoms with Gasteiger partial charge in [0.1, 0.15) is 0 Å². The summed E-state index contributed by atoms with van der Waals surface area (Å²) in [5.74, 6) is 0. The molecule has 0 aromatic carbocycles. The van der Waals surface area contributed by atoms with Crippen molar-refractivity contribution in [2.45, 2.75) is 32.7 Å². The Hall–Kier alpha value is -0.0800. The monoisotopic (exact) mass is 156 g/mol. The van der Waals surface area contributed by atoms with Crippen LogP contribution in [-0.2, 0) is 0 Å². The Morgan fingerprint density at radius 2 is 2.18 bits per heavy atom. The molecule has 1 unspecified atom stereocenters. The van der Waals surface area contributed by atoms with Gasteiger partial charge in [-0.3, -0.25) is 0 Å². The standard InChI is InChI=1S/C9H20N2/c1-9(2)6-8(4-5-10)11(3)7-9/h8H,4-7,10H2,1-3H3. The number of nitrogens with zero attached hydrogens (tertiary/aromatic N) is 1. The van der Waals surface area contributed by atoms with Gasteiger partial charge in [-0.2, -0.15) is 0 Å². The van der Waals surface area contributed by atoms with Crippen molar-refractivity contribution in [1.29, 1.82) is 0 Å². The van der Waals surface area contributed by atoms with Crippen LogP contribution in [0.2, 0.25) is 0 Å². The first kappa shape index (κ1) is 9.01. The van der Waals surface area contributed by atoms with Crippen molar-refractivity contribution in [3.8, 4) is 0 Å². The van der Waals surface area contributed by atoms with Crippen LogP contribution in [0.5, 0.6) is 0 Å². The summed E-state index contributed by atoms with van der Waals surface area (Å²) in [5.41, 5.74) is 6.04. The highest BCUT2D eigenvalue weighted by molar-refractivity contribution is 4.88. The molecule has 1 aliphatic rings. The Balaban J connectivity index is 2.45. The van der Waals surface area contributed by atoms with Crippen LogP contribution in [-0.4, -0.2) is 31.1 Å². The van der Waals surface area contributed by atoms with Crippen LogP contribution in [0.15, 0.2) is 0 Å². The van der Waals surface area contributed by atoms with E-state index in [0.29, 0.717) is 5.41 Å². The molecule has 1 rings (SSSR count). The third kappa shape index (κ3) is 2.17. The van der Waals surface area contributed by atoms with E-state index in [1.807, 2.05) is 0 Å². The first-order chi connectivity index (χ1) is 5.05. The maximum atomic E-state index is 5.53. The summed E-state index contributed by atoms with van der Waals surface area (Å²) in [5, 5.41) is 0. The van der Waals surface area contributed by atoms with Gasteiger partial charge in [-0.05, 0) is 31.8 Å². The van der Waals surface area contributed by atoms with E-state index in [1.165, 1.54) is 13.0 Å². The fourth-order valence-corrected chi connectivity index (χ4v) is 2.18. The summed E-state index contributed by atoms with van der Waals surface area (Å²) in [4.78, 5) is 2.44. The van der Waals surface area contributed by atoms with Crippen LogP contribution in [0.25, 0.3) is 0 Å². The van der Waals surface area contributed by atoms with Gasteiger partial charge in [0.15, 0.2) is 0 Å². The van der Waals surface area contributed by atoms with Gasteiger partial charge in [-0.1, -0.05) is 13.8 Å². The van der Waals surface area contributed by atoms with E-state index in [9.17, 15) is 0 Å². The van der Waals surface area contributed by atoms with E-state index >= 15 is 0 Å². The van der Waals surface area contributed by atoms with E-state index in [4.69, 9.17) is 5.73 Å².